The van der Waals surface area contributed by atoms with Crippen LogP contribution in [0.1, 0.15) is 22.8 Å². The number of benzene rings is 2. The number of Topliss-reactive ketones (excluding diaryl/α,β-unsaturated/α-hetero) is 1. The van der Waals surface area contributed by atoms with Crippen molar-refractivity contribution in [1.82, 2.24) is 0 Å². The van der Waals surface area contributed by atoms with Gasteiger partial charge in [0.1, 0.15) is 11.4 Å². The first-order valence-corrected chi connectivity index (χ1v) is 5.60. The Kier molecular flexibility index (Phi) is 3.53. The van der Waals surface area contributed by atoms with Gasteiger partial charge < -0.3 is 5.11 Å². The van der Waals surface area contributed by atoms with Crippen LogP contribution in [0, 0.1) is 0 Å². The number of phenolic OH excluding ortho intramolecular Hbond substituents is 1. The maximum atomic E-state index is 11.1. The molecule has 0 amide bonds. The quantitative estimate of drug-likeness (QED) is 0.659. The molecule has 3 heteroatoms. The summed E-state index contributed by atoms with van der Waals surface area (Å²) in [6, 6.07) is 14.0. The van der Waals surface area contributed by atoms with Gasteiger partial charge in [0.15, 0.2) is 5.78 Å². The minimum absolute atomic E-state index is 0.0409. The third kappa shape index (κ3) is 2.83. The SMILES string of the molecule is CC(=O)c1ccc(/C=N/c2ccccc2O)cc1. The summed E-state index contributed by atoms with van der Waals surface area (Å²) in [7, 11) is 0. The predicted octanol–water partition coefficient (Wildman–Crippen LogP) is 3.35. The fourth-order valence-corrected chi connectivity index (χ4v) is 1.52. The molecule has 0 aliphatic rings. The van der Waals surface area contributed by atoms with Gasteiger partial charge in [-0.25, -0.2) is 0 Å². The Balaban J connectivity index is 2.19. The number of nitrogens with zero attached hydrogens (tertiary/aromatic N) is 1. The minimum atomic E-state index is 0.0409. The van der Waals surface area contributed by atoms with Crippen LogP contribution < -0.4 is 0 Å². The molecule has 0 aliphatic carbocycles. The maximum Gasteiger partial charge on any atom is 0.159 e. The molecule has 0 saturated heterocycles. The fraction of sp³-hybridized carbons (Fsp3) is 0.0667. The van der Waals surface area contributed by atoms with Gasteiger partial charge in [0.05, 0.1) is 0 Å². The molecule has 0 atom stereocenters. The molecule has 0 spiro atoms. The Morgan fingerprint density at radius 1 is 1.11 bits per heavy atom. The van der Waals surface area contributed by atoms with Crippen molar-refractivity contribution in [2.45, 2.75) is 6.92 Å². The van der Waals surface area contributed by atoms with E-state index in [1.54, 1.807) is 36.5 Å². The van der Waals surface area contributed by atoms with Gasteiger partial charge in [0, 0.05) is 11.8 Å². The van der Waals surface area contributed by atoms with Gasteiger partial charge in [-0.15, -0.1) is 0 Å². The third-order valence-electron chi connectivity index (χ3n) is 2.55. The van der Waals surface area contributed by atoms with Crippen LogP contribution in [0.2, 0.25) is 0 Å². The molecule has 0 heterocycles. The highest BCUT2D eigenvalue weighted by Crippen LogP contribution is 2.24. The Morgan fingerprint density at radius 2 is 1.78 bits per heavy atom. The van der Waals surface area contributed by atoms with E-state index in [4.69, 9.17) is 0 Å². The predicted molar refractivity (Wildman–Crippen MR) is 71.8 cm³/mol. The molecule has 0 aromatic heterocycles. The summed E-state index contributed by atoms with van der Waals surface area (Å²) in [5, 5.41) is 9.55. The van der Waals surface area contributed by atoms with E-state index in [1.165, 1.54) is 6.92 Å². The van der Waals surface area contributed by atoms with Crippen molar-refractivity contribution >= 4 is 17.7 Å². The van der Waals surface area contributed by atoms with Gasteiger partial charge in [0.2, 0.25) is 0 Å². The van der Waals surface area contributed by atoms with Crippen molar-refractivity contribution in [1.29, 1.82) is 0 Å². The van der Waals surface area contributed by atoms with Crippen LogP contribution in [-0.2, 0) is 0 Å². The molecule has 0 unspecified atom stereocenters. The van der Waals surface area contributed by atoms with E-state index in [1.807, 2.05) is 18.2 Å². The van der Waals surface area contributed by atoms with Gasteiger partial charge in [-0.3, -0.25) is 9.79 Å². The lowest BCUT2D eigenvalue weighted by atomic mass is 10.1. The summed E-state index contributed by atoms with van der Waals surface area (Å²) < 4.78 is 0. The van der Waals surface area contributed by atoms with E-state index in [9.17, 15) is 9.90 Å². The zero-order valence-corrected chi connectivity index (χ0v) is 10.00. The number of aliphatic imine (C=N–C) groups is 1. The molecule has 0 bridgehead atoms. The Bertz CT molecular complexity index is 586. The zero-order valence-electron chi connectivity index (χ0n) is 10.00. The molecule has 18 heavy (non-hydrogen) atoms. The lowest BCUT2D eigenvalue weighted by Crippen LogP contribution is -1.91. The number of para-hydroxylation sites is 2. The third-order valence-corrected chi connectivity index (χ3v) is 2.55. The first-order valence-electron chi connectivity index (χ1n) is 5.60. The lowest BCUT2D eigenvalue weighted by Gasteiger charge is -1.98. The van der Waals surface area contributed by atoms with Gasteiger partial charge in [-0.2, -0.15) is 0 Å². The number of ketones is 1. The number of aromatic hydroxyl groups is 1. The Morgan fingerprint density at radius 3 is 2.39 bits per heavy atom. The van der Waals surface area contributed by atoms with E-state index in [2.05, 4.69) is 4.99 Å². The number of carbonyl (C=O) groups excluding carboxylic acids is 1. The minimum Gasteiger partial charge on any atom is -0.506 e. The van der Waals surface area contributed by atoms with Crippen molar-refractivity contribution < 1.29 is 9.90 Å². The first kappa shape index (κ1) is 12.0. The molecule has 2 aromatic carbocycles. The summed E-state index contributed by atoms with van der Waals surface area (Å²) >= 11 is 0. The molecular weight excluding hydrogens is 226 g/mol. The number of hydrogen-bond donors (Lipinski definition) is 1. The van der Waals surface area contributed by atoms with Gasteiger partial charge in [-0.05, 0) is 24.6 Å². The summed E-state index contributed by atoms with van der Waals surface area (Å²) in [6.45, 7) is 1.53. The summed E-state index contributed by atoms with van der Waals surface area (Å²) in [4.78, 5) is 15.3. The second kappa shape index (κ2) is 5.27. The first-order chi connectivity index (χ1) is 8.66. The lowest BCUT2D eigenvalue weighted by molar-refractivity contribution is 0.101. The number of carbonyl (C=O) groups is 1. The monoisotopic (exact) mass is 239 g/mol. The topological polar surface area (TPSA) is 49.7 Å². The average Bonchev–Trinajstić information content (AvgIpc) is 2.38. The van der Waals surface area contributed by atoms with Crippen LogP contribution in [0.4, 0.5) is 5.69 Å². The largest absolute Gasteiger partial charge is 0.506 e. The normalized spacial score (nSPS) is 10.7. The van der Waals surface area contributed by atoms with Crippen LogP contribution in [0.25, 0.3) is 0 Å². The van der Waals surface area contributed by atoms with Crippen molar-refractivity contribution in [3.63, 3.8) is 0 Å². The van der Waals surface area contributed by atoms with Crippen LogP contribution in [0.5, 0.6) is 5.75 Å². The van der Waals surface area contributed by atoms with E-state index in [-0.39, 0.29) is 11.5 Å². The van der Waals surface area contributed by atoms with Crippen LogP contribution in [-0.4, -0.2) is 17.1 Å². The Hall–Kier alpha value is -2.42. The molecule has 0 saturated carbocycles. The smallest absolute Gasteiger partial charge is 0.159 e. The van der Waals surface area contributed by atoms with Gasteiger partial charge in [-0.1, -0.05) is 36.4 Å². The van der Waals surface area contributed by atoms with Crippen molar-refractivity contribution in [2.75, 3.05) is 0 Å². The van der Waals surface area contributed by atoms with Crippen LogP contribution >= 0.6 is 0 Å². The highest BCUT2D eigenvalue weighted by atomic mass is 16.3. The van der Waals surface area contributed by atoms with Crippen LogP contribution in [0.15, 0.2) is 53.5 Å². The summed E-state index contributed by atoms with van der Waals surface area (Å²) in [5.74, 6) is 0.188. The van der Waals surface area contributed by atoms with Crippen LogP contribution in [0.3, 0.4) is 0 Å². The van der Waals surface area contributed by atoms with Gasteiger partial charge >= 0.3 is 0 Å². The Labute approximate surface area is 105 Å². The highest BCUT2D eigenvalue weighted by molar-refractivity contribution is 5.95. The molecule has 0 fully saturated rings. The fourth-order valence-electron chi connectivity index (χ4n) is 1.52. The average molecular weight is 239 g/mol. The summed E-state index contributed by atoms with van der Waals surface area (Å²) in [5.41, 5.74) is 2.08. The highest BCUT2D eigenvalue weighted by Gasteiger charge is 1.98. The molecule has 0 aliphatic heterocycles. The standard InChI is InChI=1S/C15H13NO2/c1-11(17)13-8-6-12(7-9-13)10-16-14-4-2-3-5-15(14)18/h2-10,18H,1H3/b16-10+. The van der Waals surface area contributed by atoms with Crippen molar-refractivity contribution in [3.05, 3.63) is 59.7 Å². The van der Waals surface area contributed by atoms with E-state index >= 15 is 0 Å². The molecule has 1 N–H and O–H groups in total. The molecule has 0 radical (unpaired) electrons. The van der Waals surface area contributed by atoms with E-state index < -0.39 is 0 Å². The number of hydrogen-bond acceptors (Lipinski definition) is 3. The van der Waals surface area contributed by atoms with Gasteiger partial charge in [0.25, 0.3) is 0 Å². The van der Waals surface area contributed by atoms with E-state index in [0.29, 0.717) is 11.3 Å². The molecule has 90 valence electrons. The molecule has 2 rings (SSSR count). The number of phenols is 1. The van der Waals surface area contributed by atoms with Crippen molar-refractivity contribution in [2.24, 2.45) is 4.99 Å². The molecule has 2 aromatic rings. The molecular formula is C15H13NO2. The molecule has 3 nitrogen and oxygen atoms in total. The zero-order chi connectivity index (χ0) is 13.0. The second-order valence-corrected chi connectivity index (χ2v) is 3.93. The second-order valence-electron chi connectivity index (χ2n) is 3.93. The van der Waals surface area contributed by atoms with Crippen molar-refractivity contribution in [3.8, 4) is 5.75 Å². The summed E-state index contributed by atoms with van der Waals surface area (Å²) in [6.07, 6.45) is 1.65. The van der Waals surface area contributed by atoms with E-state index in [0.717, 1.165) is 5.56 Å². The maximum absolute atomic E-state index is 11.1. The number of rotatable bonds is 3.